The molecule has 0 atom stereocenters. The van der Waals surface area contributed by atoms with Crippen LogP contribution >= 0.6 is 0 Å². The summed E-state index contributed by atoms with van der Waals surface area (Å²) in [4.78, 5) is 16.5. The van der Waals surface area contributed by atoms with E-state index in [1.165, 1.54) is 12.7 Å². The van der Waals surface area contributed by atoms with Gasteiger partial charge in [0.15, 0.2) is 0 Å². The molecule has 0 amide bonds. The van der Waals surface area contributed by atoms with Crippen molar-refractivity contribution in [3.8, 4) is 17.0 Å². The van der Waals surface area contributed by atoms with Gasteiger partial charge < -0.3 is 9.47 Å². The summed E-state index contributed by atoms with van der Waals surface area (Å²) in [5.41, 5.74) is 3.97. The van der Waals surface area contributed by atoms with Gasteiger partial charge in [-0.1, -0.05) is 48.0 Å². The van der Waals surface area contributed by atoms with Gasteiger partial charge in [-0.05, 0) is 57.2 Å². The molecule has 0 saturated heterocycles. The first kappa shape index (κ1) is 20.8. The Morgan fingerprint density at radius 3 is 2.59 bits per heavy atom. The lowest BCUT2D eigenvalue weighted by Crippen LogP contribution is -2.25. The van der Waals surface area contributed by atoms with Crippen molar-refractivity contribution in [3.05, 3.63) is 60.2 Å². The fourth-order valence-corrected chi connectivity index (χ4v) is 3.50. The van der Waals surface area contributed by atoms with Crippen LogP contribution in [0.15, 0.2) is 54.6 Å². The van der Waals surface area contributed by atoms with Crippen molar-refractivity contribution in [2.75, 3.05) is 13.7 Å². The van der Waals surface area contributed by atoms with Gasteiger partial charge in [0.1, 0.15) is 0 Å². The summed E-state index contributed by atoms with van der Waals surface area (Å²) < 4.78 is 10.8. The molecule has 0 radical (unpaired) electrons. The maximum Gasteiger partial charge on any atom is 0.311 e. The van der Waals surface area contributed by atoms with Crippen molar-refractivity contribution >= 4 is 16.9 Å². The summed E-state index contributed by atoms with van der Waals surface area (Å²) in [5, 5.41) is 1.12. The van der Waals surface area contributed by atoms with E-state index < -0.39 is 5.41 Å². The highest BCUT2D eigenvalue weighted by molar-refractivity contribution is 5.95. The van der Waals surface area contributed by atoms with E-state index in [2.05, 4.69) is 42.2 Å². The van der Waals surface area contributed by atoms with Crippen LogP contribution in [-0.2, 0) is 9.53 Å². The fraction of sp³-hybridized carbons (Fsp3) is 0.360. The Kier molecular flexibility index (Phi) is 6.53. The number of ether oxygens (including phenoxy) is 2. The minimum absolute atomic E-state index is 0.169. The monoisotopic (exact) mass is 391 g/mol. The smallest absolute Gasteiger partial charge is 0.311 e. The van der Waals surface area contributed by atoms with E-state index in [1.807, 2.05) is 38.1 Å². The van der Waals surface area contributed by atoms with E-state index in [1.54, 1.807) is 0 Å². The third-order valence-corrected chi connectivity index (χ3v) is 5.21. The highest BCUT2D eigenvalue weighted by Gasteiger charge is 2.27. The molecule has 0 saturated carbocycles. The first-order chi connectivity index (χ1) is 13.9. The van der Waals surface area contributed by atoms with Gasteiger partial charge in [-0.25, -0.2) is 4.98 Å². The minimum atomic E-state index is -0.464. The number of hydrogen-bond acceptors (Lipinski definition) is 4. The maximum atomic E-state index is 11.8. The Morgan fingerprint density at radius 1 is 1.03 bits per heavy atom. The lowest BCUT2D eigenvalue weighted by molar-refractivity contribution is -0.151. The molecule has 2 aromatic carbocycles. The van der Waals surface area contributed by atoms with Crippen LogP contribution in [-0.4, -0.2) is 24.7 Å². The zero-order chi connectivity index (χ0) is 20.9. The third-order valence-electron chi connectivity index (χ3n) is 5.21. The van der Waals surface area contributed by atoms with Gasteiger partial charge in [0.05, 0.1) is 24.6 Å². The molecular formula is C25H29NO3. The first-order valence-electron chi connectivity index (χ1n) is 10.1. The molecule has 0 aliphatic rings. The average Bonchev–Trinajstić information content (AvgIpc) is 2.72. The van der Waals surface area contributed by atoms with E-state index in [9.17, 15) is 4.79 Å². The van der Waals surface area contributed by atoms with Crippen LogP contribution in [0.3, 0.4) is 0 Å². The Bertz CT molecular complexity index is 994. The third kappa shape index (κ3) is 5.14. The van der Waals surface area contributed by atoms with Gasteiger partial charge >= 0.3 is 5.97 Å². The molecule has 0 bridgehead atoms. The zero-order valence-corrected chi connectivity index (χ0v) is 17.7. The highest BCUT2D eigenvalue weighted by atomic mass is 16.5. The molecule has 0 spiro atoms. The topological polar surface area (TPSA) is 48.4 Å². The SMILES string of the molecule is COC(=O)C(C)(C)CCCCOc1cc(-c2cccc(C)c2)c2ccccc2n1. The second-order valence-electron chi connectivity index (χ2n) is 8.08. The molecule has 4 heteroatoms. The summed E-state index contributed by atoms with van der Waals surface area (Å²) in [5.74, 6) is 0.463. The molecule has 0 aliphatic carbocycles. The summed E-state index contributed by atoms with van der Waals surface area (Å²) in [6.45, 7) is 6.49. The standard InChI is InChI=1S/C25H29NO3/c1-18-10-9-11-19(16-18)21-17-23(26-22-13-6-5-12-20(21)22)29-15-8-7-14-25(2,3)24(27)28-4/h5-6,9-13,16-17H,7-8,14-15H2,1-4H3. The summed E-state index contributed by atoms with van der Waals surface area (Å²) in [6, 6.07) is 18.6. The lowest BCUT2D eigenvalue weighted by Gasteiger charge is -2.21. The fourth-order valence-electron chi connectivity index (χ4n) is 3.50. The van der Waals surface area contributed by atoms with Crippen LogP contribution in [0.2, 0.25) is 0 Å². The Labute approximate surface area is 172 Å². The predicted octanol–water partition coefficient (Wildman–Crippen LogP) is 5.96. The molecule has 0 fully saturated rings. The number of rotatable bonds is 8. The first-order valence-corrected chi connectivity index (χ1v) is 10.1. The molecule has 0 N–H and O–H groups in total. The number of benzene rings is 2. The van der Waals surface area contributed by atoms with E-state index in [4.69, 9.17) is 9.47 Å². The van der Waals surface area contributed by atoms with Crippen molar-refractivity contribution < 1.29 is 14.3 Å². The Morgan fingerprint density at radius 2 is 1.83 bits per heavy atom. The van der Waals surface area contributed by atoms with Gasteiger partial charge in [-0.2, -0.15) is 0 Å². The number of nitrogens with zero attached hydrogens (tertiary/aromatic N) is 1. The number of carbonyl (C=O) groups is 1. The molecule has 29 heavy (non-hydrogen) atoms. The Balaban J connectivity index is 1.71. The molecule has 3 aromatic rings. The number of esters is 1. The number of hydrogen-bond donors (Lipinski definition) is 0. The van der Waals surface area contributed by atoms with Crippen molar-refractivity contribution in [1.82, 2.24) is 4.98 Å². The second-order valence-corrected chi connectivity index (χ2v) is 8.08. The van der Waals surface area contributed by atoms with Gasteiger partial charge in [0.2, 0.25) is 5.88 Å². The van der Waals surface area contributed by atoms with E-state index in [0.29, 0.717) is 12.5 Å². The number of unbranched alkanes of at least 4 members (excludes halogenated alkanes) is 1. The molecule has 4 nitrogen and oxygen atoms in total. The second kappa shape index (κ2) is 9.08. The largest absolute Gasteiger partial charge is 0.478 e. The summed E-state index contributed by atoms with van der Waals surface area (Å²) in [6.07, 6.45) is 2.51. The van der Waals surface area contributed by atoms with E-state index in [0.717, 1.165) is 41.3 Å². The normalized spacial score (nSPS) is 11.4. The van der Waals surface area contributed by atoms with Crippen LogP contribution in [0.5, 0.6) is 5.88 Å². The van der Waals surface area contributed by atoms with Crippen LogP contribution in [0.1, 0.15) is 38.7 Å². The molecule has 0 aliphatic heterocycles. The molecule has 3 rings (SSSR count). The summed E-state index contributed by atoms with van der Waals surface area (Å²) >= 11 is 0. The van der Waals surface area contributed by atoms with Crippen molar-refractivity contribution in [1.29, 1.82) is 0 Å². The lowest BCUT2D eigenvalue weighted by atomic mass is 9.87. The predicted molar refractivity (Wildman–Crippen MR) is 117 cm³/mol. The molecule has 1 aromatic heterocycles. The summed E-state index contributed by atoms with van der Waals surface area (Å²) in [7, 11) is 1.43. The number of para-hydroxylation sites is 1. The highest BCUT2D eigenvalue weighted by Crippen LogP contribution is 2.31. The quantitative estimate of drug-likeness (QED) is 0.351. The van der Waals surface area contributed by atoms with Crippen LogP contribution < -0.4 is 4.74 Å². The maximum absolute atomic E-state index is 11.8. The molecular weight excluding hydrogens is 362 g/mol. The van der Waals surface area contributed by atoms with Gasteiger partial charge in [0.25, 0.3) is 0 Å². The van der Waals surface area contributed by atoms with E-state index >= 15 is 0 Å². The molecule has 152 valence electrons. The number of aromatic nitrogens is 1. The van der Waals surface area contributed by atoms with Crippen molar-refractivity contribution in [3.63, 3.8) is 0 Å². The van der Waals surface area contributed by atoms with Crippen LogP contribution in [0, 0.1) is 12.3 Å². The number of methoxy groups -OCH3 is 1. The van der Waals surface area contributed by atoms with Crippen LogP contribution in [0.4, 0.5) is 0 Å². The number of fused-ring (bicyclic) bond motifs is 1. The zero-order valence-electron chi connectivity index (χ0n) is 17.7. The van der Waals surface area contributed by atoms with Crippen molar-refractivity contribution in [2.24, 2.45) is 5.41 Å². The molecule has 1 heterocycles. The number of aryl methyl sites for hydroxylation is 1. The van der Waals surface area contributed by atoms with Gasteiger partial charge in [0, 0.05) is 11.5 Å². The van der Waals surface area contributed by atoms with Gasteiger partial charge in [-0.15, -0.1) is 0 Å². The average molecular weight is 392 g/mol. The molecule has 0 unspecified atom stereocenters. The van der Waals surface area contributed by atoms with Gasteiger partial charge in [-0.3, -0.25) is 4.79 Å². The van der Waals surface area contributed by atoms with Crippen molar-refractivity contribution in [2.45, 2.75) is 40.0 Å². The Hall–Kier alpha value is -2.88. The van der Waals surface area contributed by atoms with Crippen LogP contribution in [0.25, 0.3) is 22.0 Å². The number of pyridine rings is 1. The number of carbonyl (C=O) groups excluding carboxylic acids is 1. The van der Waals surface area contributed by atoms with E-state index in [-0.39, 0.29) is 5.97 Å². The minimum Gasteiger partial charge on any atom is -0.478 e.